The van der Waals surface area contributed by atoms with Gasteiger partial charge >= 0.3 is 0 Å². The van der Waals surface area contributed by atoms with Gasteiger partial charge in [-0.3, -0.25) is 4.79 Å². The van der Waals surface area contributed by atoms with Gasteiger partial charge in [0.1, 0.15) is 0 Å². The van der Waals surface area contributed by atoms with E-state index in [-0.39, 0.29) is 5.91 Å². The van der Waals surface area contributed by atoms with Crippen molar-refractivity contribution in [3.63, 3.8) is 0 Å². The van der Waals surface area contributed by atoms with Crippen LogP contribution in [0.2, 0.25) is 5.02 Å². The second-order valence-corrected chi connectivity index (χ2v) is 5.40. The molecule has 0 atom stereocenters. The van der Waals surface area contributed by atoms with E-state index < -0.39 is 0 Å². The molecular formula is C15H14ClNOS. The Balaban J connectivity index is 2.17. The highest BCUT2D eigenvalue weighted by molar-refractivity contribution is 8.00. The summed E-state index contributed by atoms with van der Waals surface area (Å²) in [6, 6.07) is 11.8. The molecular weight excluding hydrogens is 278 g/mol. The molecule has 1 N–H and O–H groups in total. The Bertz CT molecular complexity index is 607. The second kappa shape index (κ2) is 6.64. The number of nitrogens with one attached hydrogen (secondary N) is 1. The van der Waals surface area contributed by atoms with E-state index in [0.29, 0.717) is 17.3 Å². The summed E-state index contributed by atoms with van der Waals surface area (Å²) in [6.07, 6.45) is 1.66. The third-order valence-corrected chi connectivity index (χ3v) is 3.99. The third-order valence-electron chi connectivity index (χ3n) is 2.62. The standard InChI is InChI=1S/C15H14ClNOS/c1-2-9-17-14(18)10-19-13-8-4-6-11-5-3-7-12(16)15(11)13/h2-8H,1,9-10H2,(H,17,18). The summed E-state index contributed by atoms with van der Waals surface area (Å²) >= 11 is 7.73. The highest BCUT2D eigenvalue weighted by atomic mass is 35.5. The van der Waals surface area contributed by atoms with Gasteiger partial charge in [-0.05, 0) is 17.5 Å². The molecule has 0 heterocycles. The summed E-state index contributed by atoms with van der Waals surface area (Å²) in [5, 5.41) is 5.56. The lowest BCUT2D eigenvalue weighted by Gasteiger charge is -2.08. The molecule has 0 radical (unpaired) electrons. The highest BCUT2D eigenvalue weighted by Crippen LogP contribution is 2.32. The van der Waals surface area contributed by atoms with E-state index in [1.165, 1.54) is 11.8 Å². The number of thioether (sulfide) groups is 1. The van der Waals surface area contributed by atoms with Gasteiger partial charge in [0.15, 0.2) is 0 Å². The van der Waals surface area contributed by atoms with Crippen LogP contribution < -0.4 is 5.32 Å². The minimum Gasteiger partial charge on any atom is -0.352 e. The van der Waals surface area contributed by atoms with Crippen LogP contribution in [0.5, 0.6) is 0 Å². The number of hydrogen-bond acceptors (Lipinski definition) is 2. The van der Waals surface area contributed by atoms with Crippen LogP contribution in [0, 0.1) is 0 Å². The van der Waals surface area contributed by atoms with Crippen LogP contribution in [0.15, 0.2) is 53.9 Å². The Morgan fingerprint density at radius 3 is 2.79 bits per heavy atom. The van der Waals surface area contributed by atoms with Gasteiger partial charge in [0.05, 0.1) is 5.75 Å². The van der Waals surface area contributed by atoms with E-state index in [1.54, 1.807) is 6.08 Å². The zero-order valence-corrected chi connectivity index (χ0v) is 11.9. The van der Waals surface area contributed by atoms with Crippen molar-refractivity contribution >= 4 is 40.0 Å². The molecule has 0 fully saturated rings. The molecule has 2 nitrogen and oxygen atoms in total. The fourth-order valence-corrected chi connectivity index (χ4v) is 3.04. The monoisotopic (exact) mass is 291 g/mol. The molecule has 2 aromatic rings. The van der Waals surface area contributed by atoms with Crippen molar-refractivity contribution in [1.82, 2.24) is 5.32 Å². The number of carbonyl (C=O) groups is 1. The normalized spacial score (nSPS) is 10.4. The van der Waals surface area contributed by atoms with Crippen LogP contribution in [0.25, 0.3) is 10.8 Å². The Morgan fingerprint density at radius 1 is 1.32 bits per heavy atom. The predicted octanol–water partition coefficient (Wildman–Crippen LogP) is 3.89. The van der Waals surface area contributed by atoms with Crippen molar-refractivity contribution in [2.24, 2.45) is 0 Å². The van der Waals surface area contributed by atoms with Gasteiger partial charge in [-0.15, -0.1) is 18.3 Å². The summed E-state index contributed by atoms with van der Waals surface area (Å²) in [5.74, 6) is 0.368. The molecule has 1 amide bonds. The minimum absolute atomic E-state index is 0.00560. The number of fused-ring (bicyclic) bond motifs is 1. The SMILES string of the molecule is C=CCNC(=O)CSc1cccc2cccc(Cl)c12. The van der Waals surface area contributed by atoms with Crippen molar-refractivity contribution in [1.29, 1.82) is 0 Å². The van der Waals surface area contributed by atoms with Crippen molar-refractivity contribution in [3.05, 3.63) is 54.1 Å². The molecule has 19 heavy (non-hydrogen) atoms. The number of rotatable bonds is 5. The number of benzene rings is 2. The first-order valence-electron chi connectivity index (χ1n) is 5.90. The fraction of sp³-hybridized carbons (Fsp3) is 0.133. The molecule has 0 saturated carbocycles. The van der Waals surface area contributed by atoms with Crippen LogP contribution in [-0.4, -0.2) is 18.2 Å². The zero-order chi connectivity index (χ0) is 13.7. The first-order chi connectivity index (χ1) is 9.22. The summed E-state index contributed by atoms with van der Waals surface area (Å²) in [6.45, 7) is 4.06. The topological polar surface area (TPSA) is 29.1 Å². The van der Waals surface area contributed by atoms with Gasteiger partial charge in [0, 0.05) is 21.8 Å². The molecule has 0 aromatic heterocycles. The average Bonchev–Trinajstić information content (AvgIpc) is 2.43. The average molecular weight is 292 g/mol. The quantitative estimate of drug-likeness (QED) is 0.669. The van der Waals surface area contributed by atoms with Crippen molar-refractivity contribution in [2.45, 2.75) is 4.90 Å². The van der Waals surface area contributed by atoms with E-state index >= 15 is 0 Å². The van der Waals surface area contributed by atoms with Gasteiger partial charge in [-0.1, -0.05) is 41.9 Å². The summed E-state index contributed by atoms with van der Waals surface area (Å²) in [7, 11) is 0. The number of amides is 1. The fourth-order valence-electron chi connectivity index (χ4n) is 1.76. The molecule has 98 valence electrons. The first kappa shape index (κ1) is 14.0. The van der Waals surface area contributed by atoms with Crippen molar-refractivity contribution in [2.75, 3.05) is 12.3 Å². The predicted molar refractivity (Wildman–Crippen MR) is 82.9 cm³/mol. The van der Waals surface area contributed by atoms with Gasteiger partial charge in [-0.2, -0.15) is 0 Å². The van der Waals surface area contributed by atoms with Crippen LogP contribution in [0.1, 0.15) is 0 Å². The van der Waals surface area contributed by atoms with E-state index in [0.717, 1.165) is 15.7 Å². The van der Waals surface area contributed by atoms with Gasteiger partial charge in [0.25, 0.3) is 0 Å². The van der Waals surface area contributed by atoms with Crippen molar-refractivity contribution in [3.8, 4) is 0 Å². The van der Waals surface area contributed by atoms with E-state index in [9.17, 15) is 4.79 Å². The zero-order valence-electron chi connectivity index (χ0n) is 10.4. The first-order valence-corrected chi connectivity index (χ1v) is 7.26. The second-order valence-electron chi connectivity index (χ2n) is 3.98. The van der Waals surface area contributed by atoms with Crippen LogP contribution in [-0.2, 0) is 4.79 Å². The smallest absolute Gasteiger partial charge is 0.230 e. The maximum absolute atomic E-state index is 11.6. The lowest BCUT2D eigenvalue weighted by Crippen LogP contribution is -2.24. The van der Waals surface area contributed by atoms with Crippen molar-refractivity contribution < 1.29 is 4.79 Å². The minimum atomic E-state index is -0.00560. The molecule has 0 saturated heterocycles. The molecule has 0 aliphatic rings. The van der Waals surface area contributed by atoms with E-state index in [1.807, 2.05) is 36.4 Å². The Hall–Kier alpha value is -1.45. The van der Waals surface area contributed by atoms with Gasteiger partial charge in [-0.25, -0.2) is 0 Å². The summed E-state index contributed by atoms with van der Waals surface area (Å²) in [5.41, 5.74) is 0. The summed E-state index contributed by atoms with van der Waals surface area (Å²) in [4.78, 5) is 12.6. The van der Waals surface area contributed by atoms with Gasteiger partial charge in [0.2, 0.25) is 5.91 Å². The molecule has 4 heteroatoms. The van der Waals surface area contributed by atoms with Crippen LogP contribution in [0.3, 0.4) is 0 Å². The maximum Gasteiger partial charge on any atom is 0.230 e. The molecule has 2 aromatic carbocycles. The highest BCUT2D eigenvalue weighted by Gasteiger charge is 2.07. The van der Waals surface area contributed by atoms with Crippen LogP contribution in [0.4, 0.5) is 0 Å². The Morgan fingerprint density at radius 2 is 2.05 bits per heavy atom. The largest absolute Gasteiger partial charge is 0.352 e. The van der Waals surface area contributed by atoms with Crippen LogP contribution >= 0.6 is 23.4 Å². The molecule has 0 spiro atoms. The molecule has 2 rings (SSSR count). The third kappa shape index (κ3) is 3.52. The molecule has 0 bridgehead atoms. The maximum atomic E-state index is 11.6. The Labute approximate surface area is 121 Å². The molecule has 0 unspecified atom stereocenters. The molecule has 0 aliphatic heterocycles. The summed E-state index contributed by atoms with van der Waals surface area (Å²) < 4.78 is 0. The van der Waals surface area contributed by atoms with E-state index in [4.69, 9.17) is 11.6 Å². The number of hydrogen-bond donors (Lipinski definition) is 1. The number of halogens is 1. The number of carbonyl (C=O) groups excluding carboxylic acids is 1. The Kier molecular flexibility index (Phi) is 4.88. The lowest BCUT2D eigenvalue weighted by molar-refractivity contribution is -0.118. The van der Waals surface area contributed by atoms with E-state index in [2.05, 4.69) is 11.9 Å². The van der Waals surface area contributed by atoms with Gasteiger partial charge < -0.3 is 5.32 Å². The molecule has 0 aliphatic carbocycles. The lowest BCUT2D eigenvalue weighted by atomic mass is 10.1.